The second kappa shape index (κ2) is 5.85. The molecule has 4 heteroatoms. The molecule has 0 N–H and O–H groups in total. The Labute approximate surface area is 108 Å². The molecule has 0 aliphatic carbocycles. The molecule has 100 valence electrons. The van der Waals surface area contributed by atoms with E-state index in [0.717, 1.165) is 18.4 Å². The van der Waals surface area contributed by atoms with E-state index in [1.807, 2.05) is 26.8 Å². The van der Waals surface area contributed by atoms with E-state index >= 15 is 0 Å². The van der Waals surface area contributed by atoms with Crippen LogP contribution in [0.2, 0.25) is 0 Å². The van der Waals surface area contributed by atoms with Gasteiger partial charge in [-0.25, -0.2) is 0 Å². The van der Waals surface area contributed by atoms with Crippen molar-refractivity contribution < 1.29 is 9.66 Å². The average molecular weight is 251 g/mol. The van der Waals surface area contributed by atoms with Gasteiger partial charge in [-0.3, -0.25) is 10.1 Å². The summed E-state index contributed by atoms with van der Waals surface area (Å²) in [6.07, 6.45) is 1.91. The molecule has 0 heterocycles. The van der Waals surface area contributed by atoms with E-state index < -0.39 is 0 Å². The van der Waals surface area contributed by atoms with E-state index in [1.165, 1.54) is 0 Å². The van der Waals surface area contributed by atoms with Gasteiger partial charge in [0, 0.05) is 6.07 Å². The third-order valence-corrected chi connectivity index (χ3v) is 2.78. The van der Waals surface area contributed by atoms with Gasteiger partial charge in [0.25, 0.3) is 0 Å². The smallest absolute Gasteiger partial charge is 0.311 e. The molecule has 0 aliphatic heterocycles. The van der Waals surface area contributed by atoms with Gasteiger partial charge in [0.15, 0.2) is 5.75 Å². The van der Waals surface area contributed by atoms with Crippen LogP contribution in [0.3, 0.4) is 0 Å². The molecule has 0 atom stereocenters. The molecule has 0 amide bonds. The normalized spacial score (nSPS) is 11.3. The Morgan fingerprint density at radius 3 is 2.50 bits per heavy atom. The minimum absolute atomic E-state index is 0.0542. The lowest BCUT2D eigenvalue weighted by Crippen LogP contribution is -2.11. The van der Waals surface area contributed by atoms with Crippen LogP contribution in [0.4, 0.5) is 5.69 Å². The fraction of sp³-hybridized carbons (Fsp3) is 0.571. The van der Waals surface area contributed by atoms with Crippen LogP contribution in [0.1, 0.15) is 46.1 Å². The molecule has 1 aromatic carbocycles. The zero-order valence-corrected chi connectivity index (χ0v) is 11.5. The maximum absolute atomic E-state index is 11.1. The minimum atomic E-state index is -0.378. The van der Waals surface area contributed by atoms with Gasteiger partial charge in [0.1, 0.15) is 0 Å². The zero-order chi connectivity index (χ0) is 13.8. The van der Waals surface area contributed by atoms with Crippen molar-refractivity contribution in [2.75, 3.05) is 6.61 Å². The zero-order valence-electron chi connectivity index (χ0n) is 11.5. The summed E-state index contributed by atoms with van der Waals surface area (Å²) in [5.74, 6) is 0.362. The fourth-order valence-corrected chi connectivity index (χ4v) is 1.58. The number of hydrogen-bond acceptors (Lipinski definition) is 3. The molecule has 4 nitrogen and oxygen atoms in total. The Morgan fingerprint density at radius 2 is 2.00 bits per heavy atom. The first kappa shape index (κ1) is 14.5. The van der Waals surface area contributed by atoms with Crippen molar-refractivity contribution in [2.45, 2.75) is 46.0 Å². The number of rotatable bonds is 5. The van der Waals surface area contributed by atoms with E-state index in [9.17, 15) is 10.1 Å². The number of unbranched alkanes of at least 4 members (excludes halogenated alkanes) is 1. The summed E-state index contributed by atoms with van der Waals surface area (Å²) in [6.45, 7) is 8.67. The quantitative estimate of drug-likeness (QED) is 0.450. The van der Waals surface area contributed by atoms with Crippen LogP contribution in [0.25, 0.3) is 0 Å². The first-order chi connectivity index (χ1) is 8.36. The van der Waals surface area contributed by atoms with E-state index in [4.69, 9.17) is 4.74 Å². The lowest BCUT2D eigenvalue weighted by molar-refractivity contribution is -0.386. The van der Waals surface area contributed by atoms with Crippen LogP contribution >= 0.6 is 0 Å². The van der Waals surface area contributed by atoms with Crippen LogP contribution in [0.5, 0.6) is 5.75 Å². The Kier molecular flexibility index (Phi) is 4.70. The third kappa shape index (κ3) is 3.72. The van der Waals surface area contributed by atoms with Gasteiger partial charge in [-0.15, -0.1) is 0 Å². The van der Waals surface area contributed by atoms with Crippen LogP contribution in [-0.4, -0.2) is 11.5 Å². The molecule has 0 radical (unpaired) electrons. The molecular formula is C14H21NO3. The summed E-state index contributed by atoms with van der Waals surface area (Å²) < 4.78 is 5.46. The highest BCUT2D eigenvalue weighted by molar-refractivity contribution is 5.50. The SMILES string of the molecule is CCCCOc1ccc(C(C)(C)C)cc1[N+](=O)[O-]. The van der Waals surface area contributed by atoms with Crippen molar-refractivity contribution in [3.63, 3.8) is 0 Å². The van der Waals surface area contributed by atoms with Gasteiger partial charge in [-0.1, -0.05) is 40.2 Å². The molecule has 0 saturated carbocycles. The summed E-state index contributed by atoms with van der Waals surface area (Å²) >= 11 is 0. The largest absolute Gasteiger partial charge is 0.487 e. The van der Waals surface area contributed by atoms with E-state index in [1.54, 1.807) is 12.1 Å². The molecule has 1 rings (SSSR count). The predicted octanol–water partition coefficient (Wildman–Crippen LogP) is 4.07. The van der Waals surface area contributed by atoms with Gasteiger partial charge >= 0.3 is 5.69 Å². The van der Waals surface area contributed by atoms with Crippen molar-refractivity contribution in [2.24, 2.45) is 0 Å². The molecular weight excluding hydrogens is 230 g/mol. The van der Waals surface area contributed by atoms with Crippen molar-refractivity contribution in [3.05, 3.63) is 33.9 Å². The Bertz CT molecular complexity index is 422. The lowest BCUT2D eigenvalue weighted by atomic mass is 9.87. The molecule has 0 aromatic heterocycles. The molecule has 0 aliphatic rings. The predicted molar refractivity (Wildman–Crippen MR) is 72.2 cm³/mol. The van der Waals surface area contributed by atoms with E-state index in [0.29, 0.717) is 12.4 Å². The molecule has 0 spiro atoms. The van der Waals surface area contributed by atoms with Crippen LogP contribution in [0, 0.1) is 10.1 Å². The molecule has 0 saturated heterocycles. The summed E-state index contributed by atoms with van der Waals surface area (Å²) in [7, 11) is 0. The first-order valence-corrected chi connectivity index (χ1v) is 6.28. The minimum Gasteiger partial charge on any atom is -0.487 e. The highest BCUT2D eigenvalue weighted by Gasteiger charge is 2.21. The van der Waals surface area contributed by atoms with Gasteiger partial charge in [0.05, 0.1) is 11.5 Å². The van der Waals surface area contributed by atoms with Crippen molar-refractivity contribution in [1.29, 1.82) is 0 Å². The average Bonchev–Trinajstić information content (AvgIpc) is 2.28. The second-order valence-electron chi connectivity index (χ2n) is 5.39. The lowest BCUT2D eigenvalue weighted by Gasteiger charge is -2.19. The van der Waals surface area contributed by atoms with E-state index in [-0.39, 0.29) is 16.0 Å². The second-order valence-corrected chi connectivity index (χ2v) is 5.39. The number of nitro groups is 1. The number of benzene rings is 1. The number of nitrogens with zero attached hydrogens (tertiary/aromatic N) is 1. The van der Waals surface area contributed by atoms with Gasteiger partial charge < -0.3 is 4.74 Å². The van der Waals surface area contributed by atoms with Crippen molar-refractivity contribution >= 4 is 5.69 Å². The Balaban J connectivity index is 3.01. The molecule has 18 heavy (non-hydrogen) atoms. The monoisotopic (exact) mass is 251 g/mol. The Hall–Kier alpha value is -1.58. The van der Waals surface area contributed by atoms with Gasteiger partial charge in [0.2, 0.25) is 0 Å². The van der Waals surface area contributed by atoms with Crippen LogP contribution in [-0.2, 0) is 5.41 Å². The van der Waals surface area contributed by atoms with Gasteiger partial charge in [-0.2, -0.15) is 0 Å². The maximum Gasteiger partial charge on any atom is 0.311 e. The number of nitro benzene ring substituents is 1. The van der Waals surface area contributed by atoms with Crippen LogP contribution < -0.4 is 4.74 Å². The Morgan fingerprint density at radius 1 is 1.33 bits per heavy atom. The maximum atomic E-state index is 11.1. The topological polar surface area (TPSA) is 52.4 Å². The highest BCUT2D eigenvalue weighted by Crippen LogP contribution is 2.33. The van der Waals surface area contributed by atoms with Crippen molar-refractivity contribution in [3.8, 4) is 5.75 Å². The standard InChI is InChI=1S/C14H21NO3/c1-5-6-9-18-13-8-7-11(14(2,3)4)10-12(13)15(16)17/h7-8,10H,5-6,9H2,1-4H3. The first-order valence-electron chi connectivity index (χ1n) is 6.28. The molecule has 0 bridgehead atoms. The molecule has 1 aromatic rings. The fourth-order valence-electron chi connectivity index (χ4n) is 1.58. The summed E-state index contributed by atoms with van der Waals surface area (Å²) in [6, 6.07) is 5.21. The van der Waals surface area contributed by atoms with Gasteiger partial charge in [-0.05, 0) is 23.5 Å². The van der Waals surface area contributed by atoms with E-state index in [2.05, 4.69) is 6.92 Å². The molecule has 0 fully saturated rings. The molecule has 0 unspecified atom stereocenters. The summed E-state index contributed by atoms with van der Waals surface area (Å²) in [5.41, 5.74) is 0.891. The highest BCUT2D eigenvalue weighted by atomic mass is 16.6. The van der Waals surface area contributed by atoms with Crippen LogP contribution in [0.15, 0.2) is 18.2 Å². The third-order valence-electron chi connectivity index (χ3n) is 2.78. The summed E-state index contributed by atoms with van der Waals surface area (Å²) in [4.78, 5) is 10.7. The van der Waals surface area contributed by atoms with Crippen molar-refractivity contribution in [1.82, 2.24) is 0 Å². The summed E-state index contributed by atoms with van der Waals surface area (Å²) in [5, 5.41) is 11.1. The number of ether oxygens (including phenoxy) is 1. The number of hydrogen-bond donors (Lipinski definition) is 0.